The maximum atomic E-state index is 12.3. The topological polar surface area (TPSA) is 58.1 Å². The number of benzene rings is 1. The van der Waals surface area contributed by atoms with Crippen molar-refractivity contribution in [1.82, 2.24) is 14.9 Å². The highest BCUT2D eigenvalue weighted by Crippen LogP contribution is 2.26. The summed E-state index contributed by atoms with van der Waals surface area (Å²) >= 11 is 0. The van der Waals surface area contributed by atoms with Crippen LogP contribution in [0.5, 0.6) is 0 Å². The van der Waals surface area contributed by atoms with Gasteiger partial charge in [-0.1, -0.05) is 32.0 Å². The number of likely N-dealkylation sites (tertiary alicyclic amines) is 1. The fourth-order valence-corrected chi connectivity index (χ4v) is 2.84. The molecule has 0 saturated carbocycles. The normalized spacial score (nSPS) is 14.3. The number of para-hydroxylation sites is 1. The van der Waals surface area contributed by atoms with Crippen LogP contribution in [0.2, 0.25) is 0 Å². The largest absolute Gasteiger partial charge is 0.339 e. The van der Waals surface area contributed by atoms with Gasteiger partial charge in [0.2, 0.25) is 0 Å². The minimum atomic E-state index is -0.0240. The van der Waals surface area contributed by atoms with Crippen molar-refractivity contribution < 1.29 is 4.79 Å². The maximum Gasteiger partial charge on any atom is 0.274 e. The minimum Gasteiger partial charge on any atom is -0.339 e. The van der Waals surface area contributed by atoms with E-state index in [1.54, 1.807) is 12.4 Å². The fraction of sp³-hybridized carbons (Fsp3) is 0.389. The van der Waals surface area contributed by atoms with Crippen LogP contribution < -0.4 is 5.32 Å². The molecular formula is C18H22N4O. The molecule has 1 saturated heterocycles. The summed E-state index contributed by atoms with van der Waals surface area (Å²) in [7, 11) is 0. The van der Waals surface area contributed by atoms with Gasteiger partial charge in [0.05, 0.1) is 12.4 Å². The lowest BCUT2D eigenvalue weighted by molar-refractivity contribution is 0.0786. The second kappa shape index (κ2) is 6.77. The third-order valence-electron chi connectivity index (χ3n) is 4.11. The number of anilines is 2. The summed E-state index contributed by atoms with van der Waals surface area (Å²) < 4.78 is 0. The molecule has 0 spiro atoms. The summed E-state index contributed by atoms with van der Waals surface area (Å²) in [5.41, 5.74) is 2.66. The molecule has 0 unspecified atom stereocenters. The molecule has 0 bridgehead atoms. The van der Waals surface area contributed by atoms with Crippen LogP contribution >= 0.6 is 0 Å². The second-order valence-corrected chi connectivity index (χ2v) is 6.15. The Labute approximate surface area is 136 Å². The zero-order chi connectivity index (χ0) is 16.2. The van der Waals surface area contributed by atoms with Gasteiger partial charge in [-0.25, -0.2) is 9.97 Å². The van der Waals surface area contributed by atoms with E-state index in [0.717, 1.165) is 31.6 Å². The van der Waals surface area contributed by atoms with Gasteiger partial charge in [0.1, 0.15) is 11.5 Å². The first-order valence-corrected chi connectivity index (χ1v) is 8.12. The highest BCUT2D eigenvalue weighted by molar-refractivity contribution is 5.92. The average Bonchev–Trinajstić information content (AvgIpc) is 3.10. The number of aromatic nitrogens is 2. The highest BCUT2D eigenvalue weighted by atomic mass is 16.2. The zero-order valence-electron chi connectivity index (χ0n) is 13.6. The van der Waals surface area contributed by atoms with Crippen LogP contribution in [0, 0.1) is 0 Å². The number of rotatable bonds is 4. The Kier molecular flexibility index (Phi) is 4.55. The first-order valence-electron chi connectivity index (χ1n) is 8.12. The predicted octanol–water partition coefficient (Wildman–Crippen LogP) is 3.58. The second-order valence-electron chi connectivity index (χ2n) is 6.15. The lowest BCUT2D eigenvalue weighted by atomic mass is 10.0. The molecule has 1 N–H and O–H groups in total. The van der Waals surface area contributed by atoms with E-state index < -0.39 is 0 Å². The molecule has 1 aliphatic heterocycles. The third-order valence-corrected chi connectivity index (χ3v) is 4.11. The van der Waals surface area contributed by atoms with Gasteiger partial charge in [0.15, 0.2) is 0 Å². The van der Waals surface area contributed by atoms with Gasteiger partial charge < -0.3 is 10.2 Å². The fourth-order valence-electron chi connectivity index (χ4n) is 2.84. The van der Waals surface area contributed by atoms with Gasteiger partial charge >= 0.3 is 0 Å². The number of carbonyl (C=O) groups is 1. The van der Waals surface area contributed by atoms with E-state index >= 15 is 0 Å². The Morgan fingerprint density at radius 3 is 2.52 bits per heavy atom. The van der Waals surface area contributed by atoms with E-state index in [2.05, 4.69) is 35.2 Å². The summed E-state index contributed by atoms with van der Waals surface area (Å²) in [6.45, 7) is 5.96. The monoisotopic (exact) mass is 310 g/mol. The van der Waals surface area contributed by atoms with E-state index in [0.29, 0.717) is 17.4 Å². The van der Waals surface area contributed by atoms with Crippen molar-refractivity contribution in [2.75, 3.05) is 18.4 Å². The van der Waals surface area contributed by atoms with Crippen LogP contribution in [0.25, 0.3) is 0 Å². The van der Waals surface area contributed by atoms with Crippen LogP contribution in [-0.4, -0.2) is 33.9 Å². The van der Waals surface area contributed by atoms with Crippen molar-refractivity contribution >= 4 is 17.4 Å². The molecule has 5 heteroatoms. The van der Waals surface area contributed by atoms with Crippen LogP contribution in [0.3, 0.4) is 0 Å². The number of carbonyl (C=O) groups excluding carboxylic acids is 1. The van der Waals surface area contributed by atoms with Crippen molar-refractivity contribution in [2.24, 2.45) is 0 Å². The smallest absolute Gasteiger partial charge is 0.274 e. The summed E-state index contributed by atoms with van der Waals surface area (Å²) in [5, 5.41) is 3.29. The molecule has 0 atom stereocenters. The van der Waals surface area contributed by atoms with Crippen molar-refractivity contribution in [2.45, 2.75) is 32.6 Å². The maximum absolute atomic E-state index is 12.3. The van der Waals surface area contributed by atoms with Crippen LogP contribution in [0.4, 0.5) is 11.5 Å². The molecule has 3 rings (SSSR count). The number of hydrogen-bond donors (Lipinski definition) is 1. The molecule has 5 nitrogen and oxygen atoms in total. The van der Waals surface area contributed by atoms with Crippen molar-refractivity contribution in [3.05, 3.63) is 47.9 Å². The Bertz CT molecular complexity index is 676. The Morgan fingerprint density at radius 2 is 1.87 bits per heavy atom. The van der Waals surface area contributed by atoms with Crippen LogP contribution in [0.1, 0.15) is 48.7 Å². The zero-order valence-corrected chi connectivity index (χ0v) is 13.6. The lowest BCUT2D eigenvalue weighted by Gasteiger charge is -2.15. The first-order chi connectivity index (χ1) is 11.1. The summed E-state index contributed by atoms with van der Waals surface area (Å²) in [4.78, 5) is 22.7. The van der Waals surface area contributed by atoms with Gasteiger partial charge in [-0.15, -0.1) is 0 Å². The van der Waals surface area contributed by atoms with Gasteiger partial charge in [-0.2, -0.15) is 0 Å². The lowest BCUT2D eigenvalue weighted by Crippen LogP contribution is -2.28. The summed E-state index contributed by atoms with van der Waals surface area (Å²) in [5.74, 6) is 1.04. The molecule has 1 aromatic heterocycles. The van der Waals surface area contributed by atoms with Gasteiger partial charge in [0.25, 0.3) is 5.91 Å². The average molecular weight is 310 g/mol. The van der Waals surface area contributed by atoms with Crippen molar-refractivity contribution in [3.63, 3.8) is 0 Å². The van der Waals surface area contributed by atoms with E-state index in [1.165, 1.54) is 5.56 Å². The molecule has 1 fully saturated rings. The van der Waals surface area contributed by atoms with Crippen LogP contribution in [0.15, 0.2) is 36.7 Å². The highest BCUT2D eigenvalue weighted by Gasteiger charge is 2.20. The first kappa shape index (κ1) is 15.5. The number of nitrogens with zero attached hydrogens (tertiary/aromatic N) is 3. The van der Waals surface area contributed by atoms with Gasteiger partial charge in [-0.05, 0) is 30.4 Å². The molecule has 23 heavy (non-hydrogen) atoms. The van der Waals surface area contributed by atoms with Crippen LogP contribution in [-0.2, 0) is 0 Å². The van der Waals surface area contributed by atoms with E-state index in [1.807, 2.05) is 23.1 Å². The minimum absolute atomic E-state index is 0.0240. The summed E-state index contributed by atoms with van der Waals surface area (Å²) in [6, 6.07) is 8.16. The molecular weight excluding hydrogens is 288 g/mol. The molecule has 1 aliphatic rings. The Morgan fingerprint density at radius 1 is 1.13 bits per heavy atom. The molecule has 1 aromatic carbocycles. The van der Waals surface area contributed by atoms with E-state index in [-0.39, 0.29) is 5.91 Å². The van der Waals surface area contributed by atoms with E-state index in [4.69, 9.17) is 0 Å². The molecule has 2 heterocycles. The molecule has 0 radical (unpaired) electrons. The number of nitrogens with one attached hydrogen (secondary N) is 1. The molecule has 2 aromatic rings. The van der Waals surface area contributed by atoms with Crippen molar-refractivity contribution in [1.29, 1.82) is 0 Å². The number of amides is 1. The number of hydrogen-bond acceptors (Lipinski definition) is 4. The Balaban J connectivity index is 1.74. The molecule has 0 aliphatic carbocycles. The van der Waals surface area contributed by atoms with E-state index in [9.17, 15) is 4.79 Å². The predicted molar refractivity (Wildman–Crippen MR) is 91.0 cm³/mol. The van der Waals surface area contributed by atoms with Gasteiger partial charge in [0, 0.05) is 18.8 Å². The molecule has 120 valence electrons. The Hall–Kier alpha value is -2.43. The summed E-state index contributed by atoms with van der Waals surface area (Å²) in [6.07, 6.45) is 5.33. The third kappa shape index (κ3) is 3.50. The van der Waals surface area contributed by atoms with Crippen molar-refractivity contribution in [3.8, 4) is 0 Å². The SMILES string of the molecule is CC(C)c1ccccc1Nc1cnc(C(=O)N2CCCC2)cn1. The van der Waals surface area contributed by atoms with Gasteiger partial charge in [-0.3, -0.25) is 4.79 Å². The standard InChI is InChI=1S/C18H22N4O/c1-13(2)14-7-3-4-8-15(14)21-17-12-19-16(11-20-17)18(23)22-9-5-6-10-22/h3-4,7-8,11-13H,5-6,9-10H2,1-2H3,(H,20,21). The molecule has 1 amide bonds. The quantitative estimate of drug-likeness (QED) is 0.937.